The molecule has 3 aromatic rings. The molecule has 0 aliphatic carbocycles. The summed E-state index contributed by atoms with van der Waals surface area (Å²) in [5, 5.41) is 6.96. The molecule has 144 valence electrons. The van der Waals surface area contributed by atoms with Crippen LogP contribution in [0.4, 0.5) is 0 Å². The zero-order chi connectivity index (χ0) is 20.1. The van der Waals surface area contributed by atoms with Crippen LogP contribution in [0.2, 0.25) is 10.0 Å². The predicted octanol–water partition coefficient (Wildman–Crippen LogP) is 4.46. The Morgan fingerprint density at radius 1 is 1.11 bits per heavy atom. The fourth-order valence-electron chi connectivity index (χ4n) is 2.89. The summed E-state index contributed by atoms with van der Waals surface area (Å²) in [5.74, 6) is 0.0822. The van der Waals surface area contributed by atoms with E-state index in [-0.39, 0.29) is 21.9 Å². The van der Waals surface area contributed by atoms with Gasteiger partial charge in [0.05, 0.1) is 16.9 Å². The molecule has 1 N–H and O–H groups in total. The number of amides is 1. The quantitative estimate of drug-likeness (QED) is 0.645. The summed E-state index contributed by atoms with van der Waals surface area (Å²) in [6.07, 6.45) is 2.23. The molecule has 1 aromatic heterocycles. The number of benzene rings is 2. The fraction of sp³-hybridized carbons (Fsp3) is 0.190. The lowest BCUT2D eigenvalue weighted by Gasteiger charge is -2.16. The van der Waals surface area contributed by atoms with Crippen molar-refractivity contribution in [3.05, 3.63) is 92.3 Å². The topological polar surface area (TPSA) is 64.0 Å². The van der Waals surface area contributed by atoms with Gasteiger partial charge in [-0.1, -0.05) is 60.5 Å². The maximum atomic E-state index is 12.5. The first-order chi connectivity index (χ1) is 13.5. The molecule has 2 aromatic carbocycles. The summed E-state index contributed by atoms with van der Waals surface area (Å²) in [6.45, 7) is 2.65. The highest BCUT2D eigenvalue weighted by Gasteiger charge is 2.13. The van der Waals surface area contributed by atoms with Crippen molar-refractivity contribution < 1.29 is 4.79 Å². The van der Waals surface area contributed by atoms with E-state index < -0.39 is 5.56 Å². The van der Waals surface area contributed by atoms with E-state index in [1.54, 1.807) is 24.3 Å². The lowest BCUT2D eigenvalue weighted by molar-refractivity contribution is 0.0951. The van der Waals surface area contributed by atoms with Gasteiger partial charge in [-0.3, -0.25) is 9.59 Å². The monoisotopic (exact) mass is 415 g/mol. The zero-order valence-electron chi connectivity index (χ0n) is 15.2. The van der Waals surface area contributed by atoms with Gasteiger partial charge in [-0.15, -0.1) is 0 Å². The number of carbonyl (C=O) groups excluding carboxylic acids is 1. The number of hydrogen-bond acceptors (Lipinski definition) is 3. The average molecular weight is 416 g/mol. The molecule has 0 bridgehead atoms. The van der Waals surface area contributed by atoms with E-state index in [4.69, 9.17) is 23.2 Å². The second-order valence-corrected chi connectivity index (χ2v) is 7.08. The molecule has 5 nitrogen and oxygen atoms in total. The van der Waals surface area contributed by atoms with Crippen LogP contribution in [0.1, 0.15) is 35.2 Å². The number of rotatable bonds is 6. The van der Waals surface area contributed by atoms with Crippen LogP contribution in [-0.4, -0.2) is 22.2 Å². The van der Waals surface area contributed by atoms with Crippen LogP contribution in [-0.2, 0) is 0 Å². The Morgan fingerprint density at radius 2 is 1.79 bits per heavy atom. The van der Waals surface area contributed by atoms with E-state index >= 15 is 0 Å². The Balaban J connectivity index is 1.70. The third-order valence-electron chi connectivity index (χ3n) is 4.52. The first-order valence-corrected chi connectivity index (χ1v) is 9.63. The van der Waals surface area contributed by atoms with Crippen LogP contribution in [0.3, 0.4) is 0 Å². The third-order valence-corrected chi connectivity index (χ3v) is 5.27. The number of aromatic nitrogens is 2. The molecular formula is C21H19Cl2N3O2. The van der Waals surface area contributed by atoms with Gasteiger partial charge in [0, 0.05) is 18.0 Å². The minimum absolute atomic E-state index is 0.0926. The van der Waals surface area contributed by atoms with Crippen molar-refractivity contribution in [2.45, 2.75) is 19.3 Å². The highest BCUT2D eigenvalue weighted by atomic mass is 35.5. The lowest BCUT2D eigenvalue weighted by Crippen LogP contribution is -2.28. The molecule has 28 heavy (non-hydrogen) atoms. The summed E-state index contributed by atoms with van der Waals surface area (Å²) in [6, 6.07) is 16.7. The Hall–Kier alpha value is -2.63. The summed E-state index contributed by atoms with van der Waals surface area (Å²) in [5.41, 5.74) is 1.68. The van der Waals surface area contributed by atoms with E-state index in [9.17, 15) is 9.59 Å². The van der Waals surface area contributed by atoms with E-state index in [1.165, 1.54) is 11.8 Å². The molecule has 7 heteroatoms. The van der Waals surface area contributed by atoms with Crippen LogP contribution in [0, 0.1) is 0 Å². The first-order valence-electron chi connectivity index (χ1n) is 8.88. The highest BCUT2D eigenvalue weighted by Crippen LogP contribution is 2.19. The highest BCUT2D eigenvalue weighted by molar-refractivity contribution is 6.41. The van der Waals surface area contributed by atoms with Crippen molar-refractivity contribution in [1.82, 2.24) is 15.1 Å². The normalized spacial score (nSPS) is 11.8. The summed E-state index contributed by atoms with van der Waals surface area (Å²) >= 11 is 11.7. The Bertz CT molecular complexity index is 1020. The van der Waals surface area contributed by atoms with Crippen molar-refractivity contribution in [3.8, 4) is 5.69 Å². The number of carbonyl (C=O) groups is 1. The van der Waals surface area contributed by atoms with Crippen molar-refractivity contribution in [3.63, 3.8) is 0 Å². The van der Waals surface area contributed by atoms with Crippen molar-refractivity contribution in [2.24, 2.45) is 0 Å². The molecule has 0 radical (unpaired) electrons. The van der Waals surface area contributed by atoms with Gasteiger partial charge in [0.1, 0.15) is 5.02 Å². The average Bonchev–Trinajstić information content (AvgIpc) is 2.73. The predicted molar refractivity (Wildman–Crippen MR) is 112 cm³/mol. The standard InChI is InChI=1S/C21H19Cl2N3O2/c1-2-14(15-6-4-3-5-7-15)12-24-20(27)16-8-10-17(11-9-16)26-21(28)19(23)18(22)13-25-26/h3-11,13-14H,2,12H2,1H3,(H,24,27)/t14-/m1/s1. The Labute approximate surface area is 172 Å². The maximum absolute atomic E-state index is 12.5. The van der Waals surface area contributed by atoms with Crippen LogP contribution < -0.4 is 10.9 Å². The van der Waals surface area contributed by atoms with Crippen LogP contribution in [0.5, 0.6) is 0 Å². The second-order valence-electron chi connectivity index (χ2n) is 6.30. The first kappa shape index (κ1) is 20.1. The van der Waals surface area contributed by atoms with E-state index in [0.29, 0.717) is 17.8 Å². The molecule has 1 amide bonds. The van der Waals surface area contributed by atoms with Crippen molar-refractivity contribution in [1.29, 1.82) is 0 Å². The van der Waals surface area contributed by atoms with Gasteiger partial charge in [-0.2, -0.15) is 9.78 Å². The molecular weight excluding hydrogens is 397 g/mol. The number of nitrogens with one attached hydrogen (secondary N) is 1. The molecule has 0 spiro atoms. The summed E-state index contributed by atoms with van der Waals surface area (Å²) in [4.78, 5) is 24.6. The van der Waals surface area contributed by atoms with Gasteiger partial charge in [-0.25, -0.2) is 0 Å². The summed E-state index contributed by atoms with van der Waals surface area (Å²) in [7, 11) is 0. The molecule has 0 fully saturated rings. The van der Waals surface area contributed by atoms with E-state index in [2.05, 4.69) is 29.5 Å². The maximum Gasteiger partial charge on any atom is 0.291 e. The molecule has 1 heterocycles. The van der Waals surface area contributed by atoms with Crippen molar-refractivity contribution in [2.75, 3.05) is 6.54 Å². The van der Waals surface area contributed by atoms with Gasteiger partial charge in [0.25, 0.3) is 11.5 Å². The van der Waals surface area contributed by atoms with Gasteiger partial charge in [0.15, 0.2) is 0 Å². The zero-order valence-corrected chi connectivity index (χ0v) is 16.7. The Kier molecular flexibility index (Phi) is 6.49. The Morgan fingerprint density at radius 3 is 2.43 bits per heavy atom. The number of halogens is 2. The molecule has 0 aliphatic heterocycles. The number of nitrogens with zero attached hydrogens (tertiary/aromatic N) is 2. The minimum atomic E-state index is -0.514. The SMILES string of the molecule is CC[C@H](CNC(=O)c1ccc(-n2ncc(Cl)c(Cl)c2=O)cc1)c1ccccc1. The molecule has 0 unspecified atom stereocenters. The fourth-order valence-corrected chi connectivity index (χ4v) is 3.14. The smallest absolute Gasteiger partial charge is 0.291 e. The van der Waals surface area contributed by atoms with Crippen LogP contribution in [0.15, 0.2) is 65.6 Å². The lowest BCUT2D eigenvalue weighted by atomic mass is 9.96. The van der Waals surface area contributed by atoms with Gasteiger partial charge >= 0.3 is 0 Å². The molecule has 0 saturated carbocycles. The van der Waals surface area contributed by atoms with Crippen molar-refractivity contribution >= 4 is 29.1 Å². The minimum Gasteiger partial charge on any atom is -0.351 e. The largest absolute Gasteiger partial charge is 0.351 e. The molecule has 0 aliphatic rings. The van der Waals surface area contributed by atoms with Crippen LogP contribution in [0.25, 0.3) is 5.69 Å². The van der Waals surface area contributed by atoms with Gasteiger partial charge in [0.2, 0.25) is 0 Å². The molecule has 1 atom stereocenters. The third kappa shape index (κ3) is 4.43. The summed E-state index contributed by atoms with van der Waals surface area (Å²) < 4.78 is 1.14. The van der Waals surface area contributed by atoms with Gasteiger partial charge in [-0.05, 0) is 36.2 Å². The van der Waals surface area contributed by atoms with Gasteiger partial charge < -0.3 is 5.32 Å². The number of hydrogen-bond donors (Lipinski definition) is 1. The van der Waals surface area contributed by atoms with E-state index in [1.807, 2.05) is 18.2 Å². The second kappa shape index (κ2) is 9.04. The molecule has 3 rings (SSSR count). The van der Waals surface area contributed by atoms with E-state index in [0.717, 1.165) is 11.1 Å². The molecule has 0 saturated heterocycles. The van der Waals surface area contributed by atoms with Crippen LogP contribution >= 0.6 is 23.2 Å².